The fourth-order valence-corrected chi connectivity index (χ4v) is 4.87. The molecule has 2 unspecified atom stereocenters. The number of benzene rings is 1. The van der Waals surface area contributed by atoms with E-state index >= 15 is 0 Å². The lowest BCUT2D eigenvalue weighted by Gasteiger charge is -2.38. The molecule has 0 spiro atoms. The van der Waals surface area contributed by atoms with E-state index in [0.717, 1.165) is 57.3 Å². The smallest absolute Gasteiger partial charge is 0.410 e. The average molecular weight is 457 g/mol. The summed E-state index contributed by atoms with van der Waals surface area (Å²) in [4.78, 5) is 27.9. The Morgan fingerprint density at radius 1 is 1.12 bits per heavy atom. The molecule has 1 heterocycles. The number of carboxylic acids is 1. The van der Waals surface area contributed by atoms with Crippen molar-refractivity contribution in [1.82, 2.24) is 9.80 Å². The molecule has 182 valence electrons. The predicted molar refractivity (Wildman–Crippen MR) is 132 cm³/mol. The van der Waals surface area contributed by atoms with Gasteiger partial charge < -0.3 is 19.6 Å². The van der Waals surface area contributed by atoms with Crippen molar-refractivity contribution >= 4 is 12.1 Å². The lowest BCUT2D eigenvalue weighted by molar-refractivity contribution is -0.138. The Kier molecular flexibility index (Phi) is 11.7. The summed E-state index contributed by atoms with van der Waals surface area (Å²) >= 11 is 0. The number of likely N-dealkylation sites (tertiary alicyclic amines) is 1. The fourth-order valence-electron chi connectivity index (χ4n) is 4.87. The third-order valence-corrected chi connectivity index (χ3v) is 6.39. The van der Waals surface area contributed by atoms with Gasteiger partial charge in [-0.25, -0.2) is 4.79 Å². The number of amides is 1. The normalized spacial score (nSPS) is 20.9. The molecule has 1 saturated heterocycles. The Balaban J connectivity index is 0.00000122. The molecule has 1 aromatic rings. The second kappa shape index (κ2) is 14.5. The summed E-state index contributed by atoms with van der Waals surface area (Å²) in [5.74, 6) is 0.265. The summed E-state index contributed by atoms with van der Waals surface area (Å²) in [7, 11) is 0. The summed E-state index contributed by atoms with van der Waals surface area (Å²) in [5, 5.41) is 8.99. The Morgan fingerprint density at radius 2 is 1.76 bits per heavy atom. The minimum atomic E-state index is -0.678. The fraction of sp³-hybridized carbons (Fsp3) is 0.556. The molecule has 1 N–H and O–H groups in total. The van der Waals surface area contributed by atoms with Gasteiger partial charge in [-0.3, -0.25) is 4.79 Å². The van der Waals surface area contributed by atoms with Gasteiger partial charge in [-0.1, -0.05) is 42.5 Å². The van der Waals surface area contributed by atoms with Crippen LogP contribution >= 0.6 is 0 Å². The molecule has 1 aromatic carbocycles. The molecule has 0 aromatic heterocycles. The largest absolute Gasteiger partial charge is 0.481 e. The molecule has 3 rings (SSSR count). The van der Waals surface area contributed by atoms with E-state index < -0.39 is 5.97 Å². The molecule has 0 radical (unpaired) electrons. The number of piperidine rings is 1. The van der Waals surface area contributed by atoms with Crippen molar-refractivity contribution in [2.75, 3.05) is 26.2 Å². The molecule has 1 saturated carbocycles. The van der Waals surface area contributed by atoms with Crippen LogP contribution in [0.1, 0.15) is 51.0 Å². The van der Waals surface area contributed by atoms with Gasteiger partial charge >= 0.3 is 12.1 Å². The lowest BCUT2D eigenvalue weighted by Crippen LogP contribution is -2.48. The predicted octanol–water partition coefficient (Wildman–Crippen LogP) is 5.36. The minimum Gasteiger partial charge on any atom is -0.481 e. The number of hydrogen-bond acceptors (Lipinski definition) is 4. The van der Waals surface area contributed by atoms with Crippen LogP contribution in [0.25, 0.3) is 0 Å². The maximum atomic E-state index is 12.7. The number of ether oxygens (including phenoxy) is 1. The first kappa shape index (κ1) is 26.7. The monoisotopic (exact) mass is 456 g/mol. The van der Waals surface area contributed by atoms with Gasteiger partial charge in [0.2, 0.25) is 0 Å². The summed E-state index contributed by atoms with van der Waals surface area (Å²) in [6.07, 6.45) is 8.60. The standard InChI is InChI=1S/C24H34N2O4.C3H6/c1-2-12-26(24(29)30-18-19-6-4-3-5-7-19)22-10-13-25(14-11-22)17-21-9-8-20(15-21)16-23(27)28;1-3-2/h2-7,20-22H,1,8-18H2,(H,27,28);3H,1H2,2H3. The zero-order valence-corrected chi connectivity index (χ0v) is 20.0. The van der Waals surface area contributed by atoms with Gasteiger partial charge in [0.1, 0.15) is 6.61 Å². The Labute approximate surface area is 198 Å². The Hall–Kier alpha value is -2.60. The number of carboxylic acid groups (broad SMARTS) is 1. The first-order chi connectivity index (χ1) is 16.0. The van der Waals surface area contributed by atoms with Crippen molar-refractivity contribution in [3.05, 3.63) is 61.2 Å². The molecule has 1 aliphatic heterocycles. The number of carbonyl (C=O) groups excluding carboxylic acids is 1. The Morgan fingerprint density at radius 3 is 2.36 bits per heavy atom. The molecule has 33 heavy (non-hydrogen) atoms. The van der Waals surface area contributed by atoms with E-state index in [1.165, 1.54) is 0 Å². The summed E-state index contributed by atoms with van der Waals surface area (Å²) in [6, 6.07) is 9.90. The topological polar surface area (TPSA) is 70.1 Å². The number of carbonyl (C=O) groups is 2. The van der Waals surface area contributed by atoms with Crippen molar-refractivity contribution in [1.29, 1.82) is 0 Å². The molecular formula is C27H40N2O4. The van der Waals surface area contributed by atoms with Crippen LogP contribution in [0.4, 0.5) is 4.79 Å². The van der Waals surface area contributed by atoms with Crippen LogP contribution < -0.4 is 0 Å². The third-order valence-electron chi connectivity index (χ3n) is 6.39. The van der Waals surface area contributed by atoms with Crippen LogP contribution in [0, 0.1) is 11.8 Å². The zero-order chi connectivity index (χ0) is 24.1. The zero-order valence-electron chi connectivity index (χ0n) is 20.0. The van der Waals surface area contributed by atoms with Crippen LogP contribution in [0.2, 0.25) is 0 Å². The quantitative estimate of drug-likeness (QED) is 0.507. The highest BCUT2D eigenvalue weighted by molar-refractivity contribution is 5.68. The minimum absolute atomic E-state index is 0.172. The summed E-state index contributed by atoms with van der Waals surface area (Å²) in [5.41, 5.74) is 0.983. The van der Waals surface area contributed by atoms with E-state index in [2.05, 4.69) is 18.1 Å². The number of rotatable bonds is 9. The molecule has 2 aliphatic rings. The maximum Gasteiger partial charge on any atom is 0.410 e. The highest BCUT2D eigenvalue weighted by Gasteiger charge is 2.31. The molecule has 1 aliphatic carbocycles. The van der Waals surface area contributed by atoms with Crippen molar-refractivity contribution in [3.63, 3.8) is 0 Å². The molecule has 6 heteroatoms. The highest BCUT2D eigenvalue weighted by Crippen LogP contribution is 2.34. The highest BCUT2D eigenvalue weighted by atomic mass is 16.6. The molecule has 0 bridgehead atoms. The Bertz CT molecular complexity index is 744. The maximum absolute atomic E-state index is 12.7. The average Bonchev–Trinajstić information content (AvgIpc) is 3.23. The second-order valence-electron chi connectivity index (χ2n) is 9.06. The summed E-state index contributed by atoms with van der Waals surface area (Å²) in [6.45, 7) is 12.8. The van der Waals surface area contributed by atoms with Crippen molar-refractivity contribution in [2.45, 2.75) is 58.1 Å². The first-order valence-corrected chi connectivity index (χ1v) is 12.1. The molecule has 2 fully saturated rings. The van der Waals surface area contributed by atoms with Gasteiger partial charge in [0.05, 0.1) is 0 Å². The van der Waals surface area contributed by atoms with Crippen LogP contribution in [-0.4, -0.2) is 59.2 Å². The number of hydrogen-bond donors (Lipinski definition) is 1. The van der Waals surface area contributed by atoms with Crippen molar-refractivity contribution in [3.8, 4) is 0 Å². The number of allylic oxidation sites excluding steroid dienone is 1. The lowest BCUT2D eigenvalue weighted by atomic mass is 9.99. The van der Waals surface area contributed by atoms with Crippen LogP contribution in [-0.2, 0) is 16.1 Å². The van der Waals surface area contributed by atoms with Crippen LogP contribution in [0.15, 0.2) is 55.6 Å². The van der Waals surface area contributed by atoms with E-state index in [9.17, 15) is 9.59 Å². The molecule has 1 amide bonds. The third kappa shape index (κ3) is 9.42. The first-order valence-electron chi connectivity index (χ1n) is 12.1. The molecule has 2 atom stereocenters. The van der Waals surface area contributed by atoms with Gasteiger partial charge in [-0.15, -0.1) is 13.2 Å². The second-order valence-corrected chi connectivity index (χ2v) is 9.06. The van der Waals surface area contributed by atoms with Gasteiger partial charge in [0.15, 0.2) is 0 Å². The van der Waals surface area contributed by atoms with Gasteiger partial charge in [-0.2, -0.15) is 0 Å². The molecule has 6 nitrogen and oxygen atoms in total. The van der Waals surface area contributed by atoms with Crippen LogP contribution in [0.3, 0.4) is 0 Å². The van der Waals surface area contributed by atoms with E-state index in [1.807, 2.05) is 42.2 Å². The SMILES string of the molecule is C=CC.C=CCN(C(=O)OCc1ccccc1)C1CCN(CC2CCC(CC(=O)O)C2)CC1. The van der Waals surface area contributed by atoms with E-state index in [4.69, 9.17) is 9.84 Å². The van der Waals surface area contributed by atoms with E-state index in [1.54, 1.807) is 12.2 Å². The van der Waals surface area contributed by atoms with Crippen molar-refractivity contribution < 1.29 is 19.4 Å². The number of nitrogens with zero attached hydrogens (tertiary/aromatic N) is 2. The van der Waals surface area contributed by atoms with Gasteiger partial charge in [0, 0.05) is 38.6 Å². The van der Waals surface area contributed by atoms with Crippen LogP contribution in [0.5, 0.6) is 0 Å². The number of aliphatic carboxylic acids is 1. The van der Waals surface area contributed by atoms with Crippen molar-refractivity contribution in [2.24, 2.45) is 11.8 Å². The van der Waals surface area contributed by atoms with Gasteiger partial charge in [-0.05, 0) is 56.4 Å². The summed E-state index contributed by atoms with van der Waals surface area (Å²) < 4.78 is 5.55. The van der Waals surface area contributed by atoms with Gasteiger partial charge in [0.25, 0.3) is 0 Å². The van der Waals surface area contributed by atoms with E-state index in [-0.39, 0.29) is 18.7 Å². The van der Waals surface area contributed by atoms with E-state index in [0.29, 0.717) is 24.8 Å². The molecular weight excluding hydrogens is 416 g/mol.